The summed E-state index contributed by atoms with van der Waals surface area (Å²) in [6.45, 7) is 1.59. The minimum absolute atomic E-state index is 0.0335. The molecule has 0 amide bonds. The number of fused-ring (bicyclic) bond motifs is 1. The van der Waals surface area contributed by atoms with E-state index in [-0.39, 0.29) is 47.8 Å². The van der Waals surface area contributed by atoms with E-state index in [1.807, 2.05) is 12.1 Å². The van der Waals surface area contributed by atoms with Crippen molar-refractivity contribution < 1.29 is 24.1 Å². The van der Waals surface area contributed by atoms with Gasteiger partial charge in [-0.05, 0) is 36.8 Å². The molecule has 2 unspecified atom stereocenters. The Morgan fingerprint density at radius 3 is 2.36 bits per heavy atom. The molecule has 1 aromatic heterocycles. The van der Waals surface area contributed by atoms with Crippen LogP contribution in [0.1, 0.15) is 58.2 Å². The van der Waals surface area contributed by atoms with Crippen LogP contribution in [-0.2, 0) is 9.53 Å². The van der Waals surface area contributed by atoms with E-state index in [2.05, 4.69) is 16.4 Å². The summed E-state index contributed by atoms with van der Waals surface area (Å²) in [6.07, 6.45) is 0.152. The van der Waals surface area contributed by atoms with E-state index in [1.165, 1.54) is 32.5 Å². The van der Waals surface area contributed by atoms with Crippen LogP contribution in [0.4, 0.5) is 5.69 Å². The van der Waals surface area contributed by atoms with Gasteiger partial charge in [0.15, 0.2) is 0 Å². The second-order valence-corrected chi connectivity index (χ2v) is 9.44. The SMILES string of the molecule is COc1cc(C#N)ccc1C(O)CC1=C(C(=O)OCCC#N)C(c2ccc(C#N)cc2OC)c2c(c(C)c[nH]c2=O)N1. The Labute approximate surface area is 241 Å². The van der Waals surface area contributed by atoms with Gasteiger partial charge in [-0.1, -0.05) is 12.1 Å². The zero-order chi connectivity index (χ0) is 30.4. The molecule has 1 aliphatic rings. The van der Waals surface area contributed by atoms with Gasteiger partial charge in [-0.25, -0.2) is 4.79 Å². The van der Waals surface area contributed by atoms with Gasteiger partial charge in [0.05, 0.1) is 78.8 Å². The molecular formula is C31H27N5O6. The molecule has 0 fully saturated rings. The molecule has 0 radical (unpaired) electrons. The zero-order valence-corrected chi connectivity index (χ0v) is 23.1. The first-order valence-electron chi connectivity index (χ1n) is 12.9. The van der Waals surface area contributed by atoms with Crippen molar-refractivity contribution in [1.29, 1.82) is 15.8 Å². The maximum atomic E-state index is 13.7. The quantitative estimate of drug-likeness (QED) is 0.255. The summed E-state index contributed by atoms with van der Waals surface area (Å²) >= 11 is 0. The highest BCUT2D eigenvalue weighted by atomic mass is 16.5. The molecule has 2 heterocycles. The summed E-state index contributed by atoms with van der Waals surface area (Å²) in [4.78, 5) is 29.8. The maximum Gasteiger partial charge on any atom is 0.336 e. The fourth-order valence-electron chi connectivity index (χ4n) is 4.99. The number of ether oxygens (including phenoxy) is 3. The predicted octanol–water partition coefficient (Wildman–Crippen LogP) is 3.84. The van der Waals surface area contributed by atoms with Crippen molar-refractivity contribution in [2.45, 2.75) is 31.8 Å². The average Bonchev–Trinajstić information content (AvgIpc) is 3.01. The molecule has 11 nitrogen and oxygen atoms in total. The van der Waals surface area contributed by atoms with E-state index < -0.39 is 23.6 Å². The summed E-state index contributed by atoms with van der Waals surface area (Å²) in [6, 6.07) is 15.3. The number of nitrogens with one attached hydrogen (secondary N) is 2. The van der Waals surface area contributed by atoms with Crippen molar-refractivity contribution in [3.63, 3.8) is 0 Å². The van der Waals surface area contributed by atoms with Gasteiger partial charge in [-0.15, -0.1) is 0 Å². The number of aliphatic hydroxyl groups excluding tert-OH is 1. The van der Waals surface area contributed by atoms with E-state index in [0.29, 0.717) is 33.5 Å². The van der Waals surface area contributed by atoms with Crippen LogP contribution in [0.25, 0.3) is 0 Å². The molecule has 0 spiro atoms. The fourth-order valence-corrected chi connectivity index (χ4v) is 4.99. The number of aromatic amines is 1. The number of hydrogen-bond acceptors (Lipinski definition) is 10. The van der Waals surface area contributed by atoms with Crippen LogP contribution in [0.3, 0.4) is 0 Å². The number of aliphatic hydroxyl groups is 1. The first-order chi connectivity index (χ1) is 20.3. The topological polar surface area (TPSA) is 181 Å². The van der Waals surface area contributed by atoms with E-state index in [9.17, 15) is 25.2 Å². The summed E-state index contributed by atoms with van der Waals surface area (Å²) < 4.78 is 16.5. The molecule has 11 heteroatoms. The Morgan fingerprint density at radius 2 is 1.71 bits per heavy atom. The molecule has 0 saturated carbocycles. The number of nitrogens with zero attached hydrogens (tertiary/aromatic N) is 3. The van der Waals surface area contributed by atoms with E-state index in [1.54, 1.807) is 31.2 Å². The van der Waals surface area contributed by atoms with Crippen molar-refractivity contribution in [2.24, 2.45) is 0 Å². The number of rotatable bonds is 9. The third-order valence-electron chi connectivity index (χ3n) is 6.97. The number of pyridine rings is 1. The Morgan fingerprint density at radius 1 is 1.05 bits per heavy atom. The van der Waals surface area contributed by atoms with Gasteiger partial charge in [-0.3, -0.25) is 4.79 Å². The molecule has 3 aromatic rings. The number of H-pyrrole nitrogens is 1. The number of benzene rings is 2. The van der Waals surface area contributed by atoms with Gasteiger partial charge in [0, 0.05) is 29.4 Å². The summed E-state index contributed by atoms with van der Waals surface area (Å²) in [7, 11) is 2.83. The first kappa shape index (κ1) is 29.4. The molecule has 212 valence electrons. The third kappa shape index (κ3) is 5.66. The number of nitriles is 3. The van der Waals surface area contributed by atoms with Crippen LogP contribution in [0.2, 0.25) is 0 Å². The number of aryl methyl sites for hydroxylation is 1. The standard InChI is InChI=1S/C31H27N5O6/c1-17-16-35-30(38)28-26(21-8-6-19(15-34)12-25(21)41-3)27(31(39)42-10-4-9-32)22(36-29(17)28)13-23(37)20-7-5-18(14-33)11-24(20)40-2/h5-8,11-12,16,23,26,36-37H,4,10,13H2,1-3H3,(H,35,38). The lowest BCUT2D eigenvalue weighted by atomic mass is 9.78. The highest BCUT2D eigenvalue weighted by molar-refractivity contribution is 5.95. The van der Waals surface area contributed by atoms with Crippen LogP contribution < -0.4 is 20.3 Å². The van der Waals surface area contributed by atoms with Crippen molar-refractivity contribution in [3.05, 3.63) is 97.6 Å². The fraction of sp³-hybridized carbons (Fsp3) is 0.258. The molecule has 2 atom stereocenters. The van der Waals surface area contributed by atoms with Crippen LogP contribution in [-0.4, -0.2) is 36.9 Å². The molecule has 3 N–H and O–H groups in total. The summed E-state index contributed by atoms with van der Waals surface area (Å²) in [5, 5.41) is 42.3. The molecule has 2 aromatic carbocycles. The minimum Gasteiger partial charge on any atom is -0.496 e. The first-order valence-corrected chi connectivity index (χ1v) is 12.9. The number of esters is 1. The molecule has 42 heavy (non-hydrogen) atoms. The van der Waals surface area contributed by atoms with E-state index in [0.717, 1.165) is 0 Å². The molecular weight excluding hydrogens is 538 g/mol. The lowest BCUT2D eigenvalue weighted by molar-refractivity contribution is -0.139. The van der Waals surface area contributed by atoms with Crippen LogP contribution in [0, 0.1) is 40.9 Å². The molecule has 0 saturated heterocycles. The monoisotopic (exact) mass is 565 g/mol. The van der Waals surface area contributed by atoms with Gasteiger partial charge in [0.2, 0.25) is 0 Å². The van der Waals surface area contributed by atoms with Gasteiger partial charge in [0.1, 0.15) is 18.1 Å². The summed E-state index contributed by atoms with van der Waals surface area (Å²) in [5.41, 5.74) is 2.63. The highest BCUT2D eigenvalue weighted by Gasteiger charge is 2.39. The average molecular weight is 566 g/mol. The van der Waals surface area contributed by atoms with Gasteiger partial charge in [-0.2, -0.15) is 15.8 Å². The van der Waals surface area contributed by atoms with Gasteiger partial charge >= 0.3 is 5.97 Å². The third-order valence-corrected chi connectivity index (χ3v) is 6.97. The second-order valence-electron chi connectivity index (χ2n) is 9.44. The normalized spacial score (nSPS) is 14.4. The van der Waals surface area contributed by atoms with E-state index >= 15 is 0 Å². The van der Waals surface area contributed by atoms with Crippen LogP contribution in [0.15, 0.2) is 58.7 Å². The van der Waals surface area contributed by atoms with Crippen molar-refractivity contribution in [2.75, 3.05) is 26.1 Å². The highest BCUT2D eigenvalue weighted by Crippen LogP contribution is 2.46. The molecule has 0 bridgehead atoms. The zero-order valence-electron chi connectivity index (χ0n) is 23.1. The predicted molar refractivity (Wildman–Crippen MR) is 150 cm³/mol. The smallest absolute Gasteiger partial charge is 0.336 e. The summed E-state index contributed by atoms with van der Waals surface area (Å²) in [5.74, 6) is -1.26. The number of methoxy groups -OCH3 is 2. The lowest BCUT2D eigenvalue weighted by Crippen LogP contribution is -2.32. The van der Waals surface area contributed by atoms with Crippen LogP contribution in [0.5, 0.6) is 11.5 Å². The number of anilines is 1. The number of carbonyl (C=O) groups excluding carboxylic acids is 1. The molecule has 1 aliphatic heterocycles. The Bertz CT molecular complexity index is 1760. The van der Waals surface area contributed by atoms with Crippen molar-refractivity contribution in [3.8, 4) is 29.7 Å². The van der Waals surface area contributed by atoms with Crippen molar-refractivity contribution in [1.82, 2.24) is 4.98 Å². The number of aromatic nitrogens is 1. The minimum atomic E-state index is -1.20. The lowest BCUT2D eigenvalue weighted by Gasteiger charge is -2.33. The van der Waals surface area contributed by atoms with Gasteiger partial charge < -0.3 is 29.6 Å². The van der Waals surface area contributed by atoms with Crippen LogP contribution >= 0.6 is 0 Å². The Balaban J connectivity index is 1.97. The Hall–Kier alpha value is -5.57. The number of hydrogen-bond donors (Lipinski definition) is 3. The Kier molecular flexibility index (Phi) is 8.92. The molecule has 0 aliphatic carbocycles. The maximum absolute atomic E-state index is 13.7. The number of carbonyl (C=O) groups is 1. The van der Waals surface area contributed by atoms with Crippen molar-refractivity contribution >= 4 is 11.7 Å². The molecule has 4 rings (SSSR count). The van der Waals surface area contributed by atoms with Gasteiger partial charge in [0.25, 0.3) is 5.56 Å². The largest absolute Gasteiger partial charge is 0.496 e. The van der Waals surface area contributed by atoms with E-state index in [4.69, 9.17) is 19.5 Å². The second kappa shape index (κ2) is 12.7.